The molecule has 0 unspecified atom stereocenters. The molecule has 2 aromatic carbocycles. The number of nitrogens with zero attached hydrogens (tertiary/aromatic N) is 1. The van der Waals surface area contributed by atoms with Gasteiger partial charge in [0, 0.05) is 25.7 Å². The van der Waals surface area contributed by atoms with Crippen LogP contribution in [0.25, 0.3) is 0 Å². The summed E-state index contributed by atoms with van der Waals surface area (Å²) in [6, 6.07) is 14.7. The minimum absolute atomic E-state index is 0.0491. The van der Waals surface area contributed by atoms with Crippen molar-refractivity contribution in [2.75, 3.05) is 26.2 Å². The lowest BCUT2D eigenvalue weighted by Gasteiger charge is -2.11. The van der Waals surface area contributed by atoms with E-state index in [1.54, 1.807) is 12.1 Å². The van der Waals surface area contributed by atoms with Crippen molar-refractivity contribution < 1.29 is 13.9 Å². The Morgan fingerprint density at radius 3 is 2.61 bits per heavy atom. The van der Waals surface area contributed by atoms with Crippen molar-refractivity contribution in [1.82, 2.24) is 16.0 Å². The summed E-state index contributed by atoms with van der Waals surface area (Å²) < 4.78 is 18.8. The highest BCUT2D eigenvalue weighted by Crippen LogP contribution is 2.18. The molecule has 0 radical (unpaired) electrons. The van der Waals surface area contributed by atoms with Crippen LogP contribution >= 0.6 is 0 Å². The number of hydrogen-bond acceptors (Lipinski definition) is 3. The van der Waals surface area contributed by atoms with E-state index in [0.29, 0.717) is 24.9 Å². The minimum atomic E-state index is -0.212. The fourth-order valence-electron chi connectivity index (χ4n) is 3.05. The molecular formula is C24H31FN4O2. The lowest BCUT2D eigenvalue weighted by atomic mass is 10.1. The Kier molecular flexibility index (Phi) is 8.70. The van der Waals surface area contributed by atoms with E-state index in [4.69, 9.17) is 4.74 Å². The van der Waals surface area contributed by atoms with Gasteiger partial charge in [-0.25, -0.2) is 4.39 Å². The van der Waals surface area contributed by atoms with Gasteiger partial charge in [-0.2, -0.15) is 0 Å². The third-order valence-electron chi connectivity index (χ3n) is 4.85. The third kappa shape index (κ3) is 8.66. The fraction of sp³-hybridized carbons (Fsp3) is 0.417. The number of benzene rings is 2. The number of nitrogens with one attached hydrogen (secondary N) is 3. The molecule has 3 rings (SSSR count). The van der Waals surface area contributed by atoms with Crippen molar-refractivity contribution in [1.29, 1.82) is 0 Å². The predicted molar refractivity (Wildman–Crippen MR) is 121 cm³/mol. The molecule has 0 atom stereocenters. The van der Waals surface area contributed by atoms with Crippen molar-refractivity contribution in [2.24, 2.45) is 4.99 Å². The summed E-state index contributed by atoms with van der Waals surface area (Å²) in [5.74, 6) is 1.16. The molecule has 6 nitrogen and oxygen atoms in total. The van der Waals surface area contributed by atoms with Gasteiger partial charge in [-0.15, -0.1) is 0 Å². The molecule has 31 heavy (non-hydrogen) atoms. The van der Waals surface area contributed by atoms with E-state index in [2.05, 4.69) is 20.9 Å². The fourth-order valence-corrected chi connectivity index (χ4v) is 3.05. The van der Waals surface area contributed by atoms with Gasteiger partial charge in [0.25, 0.3) is 5.91 Å². The first-order valence-electron chi connectivity index (χ1n) is 10.9. The van der Waals surface area contributed by atoms with E-state index in [-0.39, 0.29) is 18.3 Å². The van der Waals surface area contributed by atoms with Gasteiger partial charge in [-0.1, -0.05) is 24.3 Å². The van der Waals surface area contributed by atoms with Crippen molar-refractivity contribution in [2.45, 2.75) is 38.6 Å². The highest BCUT2D eigenvalue weighted by molar-refractivity contribution is 5.79. The number of ether oxygens (including phenoxy) is 1. The van der Waals surface area contributed by atoms with Crippen LogP contribution in [-0.2, 0) is 17.6 Å². The molecule has 3 N–H and O–H groups in total. The van der Waals surface area contributed by atoms with Gasteiger partial charge in [0.15, 0.2) is 12.6 Å². The molecule has 0 aromatic heterocycles. The summed E-state index contributed by atoms with van der Waals surface area (Å²) in [5.41, 5.74) is 2.10. The van der Waals surface area contributed by atoms with Gasteiger partial charge in [-0.3, -0.25) is 9.79 Å². The predicted octanol–water partition coefficient (Wildman–Crippen LogP) is 2.82. The van der Waals surface area contributed by atoms with Crippen molar-refractivity contribution in [3.8, 4) is 5.75 Å². The van der Waals surface area contributed by atoms with Crippen LogP contribution in [0.4, 0.5) is 4.39 Å². The Morgan fingerprint density at radius 1 is 1.10 bits per heavy atom. The zero-order valence-corrected chi connectivity index (χ0v) is 18.0. The van der Waals surface area contributed by atoms with Crippen molar-refractivity contribution in [3.63, 3.8) is 0 Å². The highest BCUT2D eigenvalue weighted by Gasteiger charge is 2.23. The molecule has 7 heteroatoms. The molecule has 0 saturated heterocycles. The normalized spacial score (nSPS) is 13.5. The number of hydrogen-bond donors (Lipinski definition) is 3. The van der Waals surface area contributed by atoms with E-state index < -0.39 is 0 Å². The van der Waals surface area contributed by atoms with Crippen LogP contribution in [0.5, 0.6) is 5.75 Å². The SMILES string of the molecule is CCNC(=NCCc1ccc(OCC(=O)NC2CC2)cc1)NCCc1cccc(F)c1. The molecule has 1 saturated carbocycles. The van der Waals surface area contributed by atoms with Crippen LogP contribution in [0, 0.1) is 5.82 Å². The van der Waals surface area contributed by atoms with Crippen LogP contribution in [0.1, 0.15) is 30.9 Å². The molecule has 1 amide bonds. The quantitative estimate of drug-likeness (QED) is 0.382. The van der Waals surface area contributed by atoms with Crippen LogP contribution < -0.4 is 20.7 Å². The second kappa shape index (κ2) is 11.9. The first-order chi connectivity index (χ1) is 15.1. The number of guanidine groups is 1. The third-order valence-corrected chi connectivity index (χ3v) is 4.85. The summed E-state index contributed by atoms with van der Waals surface area (Å²) >= 11 is 0. The summed E-state index contributed by atoms with van der Waals surface area (Å²) in [4.78, 5) is 16.3. The van der Waals surface area contributed by atoms with Gasteiger partial charge >= 0.3 is 0 Å². The number of amides is 1. The molecule has 1 aliphatic carbocycles. The standard InChI is InChI=1S/C24H31FN4O2/c1-2-26-24(28-15-13-19-4-3-5-20(25)16-19)27-14-12-18-6-10-22(11-7-18)31-17-23(30)29-21-8-9-21/h3-7,10-11,16,21H,2,8-9,12-15,17H2,1H3,(H,29,30)(H2,26,27,28). The molecule has 1 aliphatic rings. The van der Waals surface area contributed by atoms with Crippen LogP contribution in [0.3, 0.4) is 0 Å². The Balaban J connectivity index is 1.39. The topological polar surface area (TPSA) is 74.8 Å². The number of carbonyl (C=O) groups excluding carboxylic acids is 1. The summed E-state index contributed by atoms with van der Waals surface area (Å²) in [7, 11) is 0. The monoisotopic (exact) mass is 426 g/mol. The maximum atomic E-state index is 13.3. The van der Waals surface area contributed by atoms with Crippen LogP contribution in [-0.4, -0.2) is 44.1 Å². The minimum Gasteiger partial charge on any atom is -0.484 e. The molecule has 0 bridgehead atoms. The second-order valence-corrected chi connectivity index (χ2v) is 7.59. The highest BCUT2D eigenvalue weighted by atomic mass is 19.1. The van der Waals surface area contributed by atoms with Gasteiger partial charge in [0.2, 0.25) is 0 Å². The average Bonchev–Trinajstić information content (AvgIpc) is 3.57. The molecular weight excluding hydrogens is 395 g/mol. The van der Waals surface area contributed by atoms with Gasteiger partial charge in [0.1, 0.15) is 11.6 Å². The zero-order valence-electron chi connectivity index (χ0n) is 18.0. The van der Waals surface area contributed by atoms with Gasteiger partial charge in [0.05, 0.1) is 0 Å². The smallest absolute Gasteiger partial charge is 0.258 e. The molecule has 0 spiro atoms. The first kappa shape index (κ1) is 22.6. The molecule has 1 fully saturated rings. The number of halogens is 1. The maximum absolute atomic E-state index is 13.3. The first-order valence-corrected chi connectivity index (χ1v) is 10.9. The average molecular weight is 427 g/mol. The number of rotatable bonds is 11. The van der Waals surface area contributed by atoms with Crippen LogP contribution in [0.2, 0.25) is 0 Å². The lowest BCUT2D eigenvalue weighted by Crippen LogP contribution is -2.38. The second-order valence-electron chi connectivity index (χ2n) is 7.59. The Bertz CT molecular complexity index is 866. The van der Waals surface area contributed by atoms with E-state index in [0.717, 1.165) is 49.3 Å². The summed E-state index contributed by atoms with van der Waals surface area (Å²) in [6.07, 6.45) is 3.66. The van der Waals surface area contributed by atoms with Crippen molar-refractivity contribution in [3.05, 3.63) is 65.5 Å². The molecule has 0 aliphatic heterocycles. The largest absolute Gasteiger partial charge is 0.484 e. The Labute approximate surface area is 183 Å². The maximum Gasteiger partial charge on any atom is 0.258 e. The number of carbonyl (C=O) groups is 1. The van der Waals surface area contributed by atoms with E-state index in [9.17, 15) is 9.18 Å². The van der Waals surface area contributed by atoms with E-state index in [1.807, 2.05) is 37.3 Å². The lowest BCUT2D eigenvalue weighted by molar-refractivity contribution is -0.123. The summed E-state index contributed by atoms with van der Waals surface area (Å²) in [6.45, 7) is 4.15. The van der Waals surface area contributed by atoms with Crippen molar-refractivity contribution >= 4 is 11.9 Å². The summed E-state index contributed by atoms with van der Waals surface area (Å²) in [5, 5.41) is 9.42. The van der Waals surface area contributed by atoms with Gasteiger partial charge in [-0.05, 0) is 68.0 Å². The molecule has 2 aromatic rings. The molecule has 0 heterocycles. The Morgan fingerprint density at radius 2 is 1.90 bits per heavy atom. The molecule has 166 valence electrons. The van der Waals surface area contributed by atoms with E-state index in [1.165, 1.54) is 6.07 Å². The Hall–Kier alpha value is -3.09. The van der Waals surface area contributed by atoms with E-state index >= 15 is 0 Å². The van der Waals surface area contributed by atoms with Crippen LogP contribution in [0.15, 0.2) is 53.5 Å². The zero-order chi connectivity index (χ0) is 21.9. The van der Waals surface area contributed by atoms with Gasteiger partial charge < -0.3 is 20.7 Å². The number of aliphatic imine (C=N–C) groups is 1.